The van der Waals surface area contributed by atoms with E-state index in [2.05, 4.69) is 10.3 Å². The van der Waals surface area contributed by atoms with Gasteiger partial charge in [-0.3, -0.25) is 4.79 Å². The van der Waals surface area contributed by atoms with Gasteiger partial charge in [-0.05, 0) is 51.7 Å². The summed E-state index contributed by atoms with van der Waals surface area (Å²) in [6.45, 7) is 3.55. The van der Waals surface area contributed by atoms with Gasteiger partial charge in [0.25, 0.3) is 5.91 Å². The molecule has 0 bridgehead atoms. The molecule has 1 N–H and O–H groups in total. The lowest BCUT2D eigenvalue weighted by Gasteiger charge is -2.29. The van der Waals surface area contributed by atoms with E-state index in [1.54, 1.807) is 19.9 Å². The van der Waals surface area contributed by atoms with Gasteiger partial charge in [0.2, 0.25) is 5.88 Å². The molecule has 2 heterocycles. The Bertz CT molecular complexity index is 792. The van der Waals surface area contributed by atoms with Gasteiger partial charge in [-0.15, -0.1) is 0 Å². The topological polar surface area (TPSA) is 64.4 Å². The van der Waals surface area contributed by atoms with Gasteiger partial charge in [0.1, 0.15) is 17.6 Å². The SMILES string of the molecule is Cc1cc(C(=O)NC2CCC(Oc3ccc(C(F)(F)F)cn3)CC2)c(C)o1. The van der Waals surface area contributed by atoms with Crippen LogP contribution in [-0.2, 0) is 6.18 Å². The molecule has 8 heteroatoms. The summed E-state index contributed by atoms with van der Waals surface area (Å²) in [7, 11) is 0. The number of carbonyl (C=O) groups excluding carboxylic acids is 1. The summed E-state index contributed by atoms with van der Waals surface area (Å²) in [5.74, 6) is 1.31. The zero-order valence-electron chi connectivity index (χ0n) is 15.1. The number of nitrogens with zero attached hydrogens (tertiary/aromatic N) is 1. The van der Waals surface area contributed by atoms with Crippen molar-refractivity contribution in [3.05, 3.63) is 47.0 Å². The predicted molar refractivity (Wildman–Crippen MR) is 91.6 cm³/mol. The first kappa shape index (κ1) is 19.3. The number of ether oxygens (including phenoxy) is 1. The molecule has 1 aliphatic rings. The quantitative estimate of drug-likeness (QED) is 0.850. The minimum absolute atomic E-state index is 0.0347. The molecule has 1 fully saturated rings. The van der Waals surface area contributed by atoms with E-state index in [0.717, 1.165) is 25.1 Å². The van der Waals surface area contributed by atoms with Crippen LogP contribution in [0.2, 0.25) is 0 Å². The third kappa shape index (κ3) is 4.81. The van der Waals surface area contributed by atoms with Crippen molar-refractivity contribution < 1.29 is 27.1 Å². The van der Waals surface area contributed by atoms with E-state index in [1.807, 2.05) is 0 Å². The van der Waals surface area contributed by atoms with Crippen molar-refractivity contribution in [1.29, 1.82) is 0 Å². The Hall–Kier alpha value is -2.51. The molecule has 1 saturated carbocycles. The maximum absolute atomic E-state index is 12.6. The molecule has 0 spiro atoms. The van der Waals surface area contributed by atoms with Crippen LogP contribution in [0.3, 0.4) is 0 Å². The number of rotatable bonds is 4. The lowest BCUT2D eigenvalue weighted by atomic mass is 9.92. The van der Waals surface area contributed by atoms with Crippen LogP contribution in [-0.4, -0.2) is 23.0 Å². The molecule has 0 atom stereocenters. The number of furan rings is 1. The number of halogens is 3. The summed E-state index contributed by atoms with van der Waals surface area (Å²) in [6, 6.07) is 3.95. The number of aromatic nitrogens is 1. The second-order valence-electron chi connectivity index (χ2n) is 6.77. The summed E-state index contributed by atoms with van der Waals surface area (Å²) in [5.41, 5.74) is -0.258. The van der Waals surface area contributed by atoms with Crippen molar-refractivity contribution in [3.8, 4) is 5.88 Å². The number of hydrogen-bond donors (Lipinski definition) is 1. The fraction of sp³-hybridized carbons (Fsp3) is 0.474. The van der Waals surface area contributed by atoms with Gasteiger partial charge >= 0.3 is 6.18 Å². The van der Waals surface area contributed by atoms with Crippen LogP contribution in [0.4, 0.5) is 13.2 Å². The average molecular weight is 382 g/mol. The lowest BCUT2D eigenvalue weighted by Crippen LogP contribution is -2.39. The Balaban J connectivity index is 1.49. The Morgan fingerprint density at radius 1 is 1.22 bits per heavy atom. The standard InChI is InChI=1S/C19H21F3N2O3/c1-11-9-16(12(2)26-11)18(25)24-14-4-6-15(7-5-14)27-17-8-3-13(10-23-17)19(20,21)22/h3,8-10,14-15H,4-7H2,1-2H3,(H,24,25). The van der Waals surface area contributed by atoms with E-state index in [-0.39, 0.29) is 23.9 Å². The van der Waals surface area contributed by atoms with Crippen molar-refractivity contribution in [2.75, 3.05) is 0 Å². The molecule has 5 nitrogen and oxygen atoms in total. The molecule has 0 radical (unpaired) electrons. The van der Waals surface area contributed by atoms with Crippen LogP contribution in [0.15, 0.2) is 28.8 Å². The Morgan fingerprint density at radius 2 is 1.93 bits per heavy atom. The van der Waals surface area contributed by atoms with Crippen molar-refractivity contribution >= 4 is 5.91 Å². The molecule has 1 amide bonds. The van der Waals surface area contributed by atoms with Gasteiger partial charge in [-0.25, -0.2) is 4.98 Å². The molecule has 0 aliphatic heterocycles. The van der Waals surface area contributed by atoms with E-state index >= 15 is 0 Å². The zero-order chi connectivity index (χ0) is 19.6. The molecule has 0 unspecified atom stereocenters. The lowest BCUT2D eigenvalue weighted by molar-refractivity contribution is -0.137. The molecule has 146 valence electrons. The minimum atomic E-state index is -4.41. The number of hydrogen-bond acceptors (Lipinski definition) is 4. The van der Waals surface area contributed by atoms with Gasteiger partial charge in [-0.1, -0.05) is 0 Å². The maximum atomic E-state index is 12.6. The fourth-order valence-corrected chi connectivity index (χ4v) is 3.23. The Labute approximate surface area is 154 Å². The van der Waals surface area contributed by atoms with Crippen molar-refractivity contribution in [1.82, 2.24) is 10.3 Å². The Kier molecular flexibility index (Phi) is 5.43. The van der Waals surface area contributed by atoms with Crippen LogP contribution in [0.5, 0.6) is 5.88 Å². The summed E-state index contributed by atoms with van der Waals surface area (Å²) >= 11 is 0. The molecule has 0 saturated heterocycles. The van der Waals surface area contributed by atoms with Crippen LogP contribution < -0.4 is 10.1 Å². The molecule has 0 aromatic carbocycles. The average Bonchev–Trinajstić information content (AvgIpc) is 2.95. The maximum Gasteiger partial charge on any atom is 0.417 e. The van der Waals surface area contributed by atoms with Crippen molar-refractivity contribution in [2.45, 2.75) is 57.9 Å². The largest absolute Gasteiger partial charge is 0.474 e. The highest BCUT2D eigenvalue weighted by Crippen LogP contribution is 2.30. The highest BCUT2D eigenvalue weighted by atomic mass is 19.4. The van der Waals surface area contributed by atoms with Crippen LogP contribution in [0.1, 0.15) is 53.1 Å². The summed E-state index contributed by atoms with van der Waals surface area (Å²) in [4.78, 5) is 16.1. The second kappa shape index (κ2) is 7.62. The molecule has 1 aliphatic carbocycles. The summed E-state index contributed by atoms with van der Waals surface area (Å²) in [5, 5.41) is 3.00. The monoisotopic (exact) mass is 382 g/mol. The van der Waals surface area contributed by atoms with Gasteiger partial charge in [0, 0.05) is 18.3 Å². The minimum Gasteiger partial charge on any atom is -0.474 e. The van der Waals surface area contributed by atoms with Crippen molar-refractivity contribution in [2.24, 2.45) is 0 Å². The first-order chi connectivity index (χ1) is 12.7. The number of alkyl halides is 3. The smallest absolute Gasteiger partial charge is 0.417 e. The molecule has 2 aromatic rings. The zero-order valence-corrected chi connectivity index (χ0v) is 15.1. The third-order valence-corrected chi connectivity index (χ3v) is 4.65. The van der Waals surface area contributed by atoms with E-state index in [1.165, 1.54) is 6.07 Å². The predicted octanol–water partition coefficient (Wildman–Crippen LogP) is 4.43. The van der Waals surface area contributed by atoms with E-state index in [4.69, 9.17) is 9.15 Å². The van der Waals surface area contributed by atoms with E-state index in [0.29, 0.717) is 29.9 Å². The second-order valence-corrected chi connectivity index (χ2v) is 6.77. The third-order valence-electron chi connectivity index (χ3n) is 4.65. The highest BCUT2D eigenvalue weighted by Gasteiger charge is 2.31. The number of carbonyl (C=O) groups is 1. The number of pyridine rings is 1. The van der Waals surface area contributed by atoms with E-state index < -0.39 is 11.7 Å². The molecule has 3 rings (SSSR count). The fourth-order valence-electron chi connectivity index (χ4n) is 3.23. The summed E-state index contributed by atoms with van der Waals surface area (Å²) < 4.78 is 48.7. The first-order valence-corrected chi connectivity index (χ1v) is 8.80. The number of aryl methyl sites for hydroxylation is 2. The van der Waals surface area contributed by atoms with Gasteiger partial charge in [0.05, 0.1) is 11.1 Å². The van der Waals surface area contributed by atoms with Crippen LogP contribution in [0, 0.1) is 13.8 Å². The van der Waals surface area contributed by atoms with Gasteiger partial charge < -0.3 is 14.5 Å². The van der Waals surface area contributed by atoms with Crippen LogP contribution >= 0.6 is 0 Å². The highest BCUT2D eigenvalue weighted by molar-refractivity contribution is 5.95. The molecule has 2 aromatic heterocycles. The number of nitrogens with one attached hydrogen (secondary N) is 1. The normalized spacial score (nSPS) is 20.3. The number of amides is 1. The first-order valence-electron chi connectivity index (χ1n) is 8.80. The van der Waals surface area contributed by atoms with Gasteiger partial charge in [-0.2, -0.15) is 13.2 Å². The molecule has 27 heavy (non-hydrogen) atoms. The Morgan fingerprint density at radius 3 is 2.44 bits per heavy atom. The van der Waals surface area contributed by atoms with Gasteiger partial charge in [0.15, 0.2) is 0 Å². The molecular weight excluding hydrogens is 361 g/mol. The van der Waals surface area contributed by atoms with Crippen LogP contribution in [0.25, 0.3) is 0 Å². The molecular formula is C19H21F3N2O3. The van der Waals surface area contributed by atoms with E-state index in [9.17, 15) is 18.0 Å². The van der Waals surface area contributed by atoms with Crippen molar-refractivity contribution in [3.63, 3.8) is 0 Å². The summed E-state index contributed by atoms with van der Waals surface area (Å²) in [6.07, 6.45) is -0.918.